The molecule has 2 N–H and O–H groups in total. The van der Waals surface area contributed by atoms with Crippen LogP contribution in [0.1, 0.15) is 27.7 Å². The van der Waals surface area contributed by atoms with E-state index in [2.05, 4.69) is 57.9 Å². The van der Waals surface area contributed by atoms with Crippen molar-refractivity contribution in [1.29, 1.82) is 0 Å². The van der Waals surface area contributed by atoms with Gasteiger partial charge in [0.2, 0.25) is 0 Å². The highest BCUT2D eigenvalue weighted by atomic mass is 32.1. The van der Waals surface area contributed by atoms with Crippen LogP contribution in [0.15, 0.2) is 0 Å². The van der Waals surface area contributed by atoms with E-state index >= 15 is 0 Å². The number of rotatable bonds is 6. The molecule has 0 spiro atoms. The standard InChI is InChI=1S/C10H24N2S2/c1-9(2,13)7-12(6-5-11)8-10(3,4)14/h13-14H,5-8,11H2,1-4H3. The summed E-state index contributed by atoms with van der Waals surface area (Å²) in [5.41, 5.74) is 5.58. The Hall–Kier alpha value is 0.620. The number of nitrogens with two attached hydrogens (primary N) is 1. The average Bonchev–Trinajstić information content (AvgIpc) is 1.78. The summed E-state index contributed by atoms with van der Waals surface area (Å²) in [4.78, 5) is 2.32. The molecular weight excluding hydrogens is 212 g/mol. The summed E-state index contributed by atoms with van der Waals surface area (Å²) in [6.45, 7) is 11.9. The monoisotopic (exact) mass is 236 g/mol. The van der Waals surface area contributed by atoms with Crippen molar-refractivity contribution in [2.75, 3.05) is 26.2 Å². The lowest BCUT2D eigenvalue weighted by atomic mass is 10.1. The number of thiol groups is 2. The summed E-state index contributed by atoms with van der Waals surface area (Å²) in [5, 5.41) is 0. The maximum Gasteiger partial charge on any atom is 0.0200 e. The van der Waals surface area contributed by atoms with Crippen LogP contribution in [0.3, 0.4) is 0 Å². The summed E-state index contributed by atoms with van der Waals surface area (Å²) in [6.07, 6.45) is 0. The molecular formula is C10H24N2S2. The molecule has 0 fully saturated rings. The summed E-state index contributed by atoms with van der Waals surface area (Å²) in [7, 11) is 0. The van der Waals surface area contributed by atoms with Crippen molar-refractivity contribution in [3.63, 3.8) is 0 Å². The molecule has 0 aliphatic heterocycles. The van der Waals surface area contributed by atoms with Crippen LogP contribution in [0.2, 0.25) is 0 Å². The predicted octanol–water partition coefficient (Wildman–Crippen LogP) is 1.66. The van der Waals surface area contributed by atoms with E-state index < -0.39 is 0 Å². The second kappa shape index (κ2) is 5.64. The number of hydrogen-bond donors (Lipinski definition) is 3. The van der Waals surface area contributed by atoms with E-state index in [0.29, 0.717) is 6.54 Å². The van der Waals surface area contributed by atoms with Gasteiger partial charge in [-0.1, -0.05) is 0 Å². The lowest BCUT2D eigenvalue weighted by Crippen LogP contribution is -2.43. The van der Waals surface area contributed by atoms with Crippen molar-refractivity contribution < 1.29 is 0 Å². The maximum atomic E-state index is 5.58. The Morgan fingerprint density at radius 3 is 1.57 bits per heavy atom. The Bertz CT molecular complexity index is 142. The predicted molar refractivity (Wildman–Crippen MR) is 71.6 cm³/mol. The molecule has 0 amide bonds. The molecule has 0 aliphatic rings. The van der Waals surface area contributed by atoms with E-state index in [1.165, 1.54) is 0 Å². The van der Waals surface area contributed by atoms with E-state index in [4.69, 9.17) is 5.73 Å². The molecule has 0 heterocycles. The van der Waals surface area contributed by atoms with E-state index in [-0.39, 0.29) is 9.49 Å². The van der Waals surface area contributed by atoms with E-state index in [9.17, 15) is 0 Å². The highest BCUT2D eigenvalue weighted by Crippen LogP contribution is 2.18. The smallest absolute Gasteiger partial charge is 0.0200 e. The SMILES string of the molecule is CC(C)(S)CN(CCN)CC(C)(C)S. The molecule has 86 valence electrons. The molecule has 0 aromatic rings. The molecule has 0 saturated carbocycles. The molecule has 2 nitrogen and oxygen atoms in total. The van der Waals surface area contributed by atoms with Gasteiger partial charge in [0.15, 0.2) is 0 Å². The van der Waals surface area contributed by atoms with Crippen molar-refractivity contribution in [1.82, 2.24) is 4.90 Å². The Labute approximate surface area is 99.4 Å². The zero-order valence-corrected chi connectivity index (χ0v) is 11.5. The maximum absolute atomic E-state index is 5.58. The molecule has 0 aromatic carbocycles. The largest absolute Gasteiger partial charge is 0.329 e. The van der Waals surface area contributed by atoms with Gasteiger partial charge in [-0.05, 0) is 27.7 Å². The van der Waals surface area contributed by atoms with Gasteiger partial charge in [-0.2, -0.15) is 25.3 Å². The van der Waals surface area contributed by atoms with Gasteiger partial charge in [-0.25, -0.2) is 0 Å². The second-order valence-electron chi connectivity index (χ2n) is 5.12. The van der Waals surface area contributed by atoms with Crippen LogP contribution >= 0.6 is 25.3 Å². The normalized spacial score (nSPS) is 13.7. The molecule has 0 aliphatic carbocycles. The molecule has 0 bridgehead atoms. The molecule has 0 atom stereocenters. The highest BCUT2D eigenvalue weighted by Gasteiger charge is 2.21. The van der Waals surface area contributed by atoms with Crippen LogP contribution in [0.4, 0.5) is 0 Å². The van der Waals surface area contributed by atoms with Crippen molar-refractivity contribution in [3.05, 3.63) is 0 Å². The van der Waals surface area contributed by atoms with Gasteiger partial charge in [0.1, 0.15) is 0 Å². The van der Waals surface area contributed by atoms with Crippen LogP contribution in [0, 0.1) is 0 Å². The third kappa shape index (κ3) is 9.19. The topological polar surface area (TPSA) is 29.3 Å². The molecule has 0 rings (SSSR count). The quantitative estimate of drug-likeness (QED) is 0.612. The van der Waals surface area contributed by atoms with Crippen molar-refractivity contribution >= 4 is 25.3 Å². The summed E-state index contributed by atoms with van der Waals surface area (Å²) in [5.74, 6) is 0. The summed E-state index contributed by atoms with van der Waals surface area (Å²) < 4.78 is 0.0440. The fourth-order valence-electron chi connectivity index (χ4n) is 1.49. The van der Waals surface area contributed by atoms with E-state index in [1.807, 2.05) is 0 Å². The first-order chi connectivity index (χ1) is 6.14. The van der Waals surface area contributed by atoms with Crippen LogP contribution in [-0.4, -0.2) is 40.6 Å². The summed E-state index contributed by atoms with van der Waals surface area (Å²) in [6, 6.07) is 0. The Morgan fingerprint density at radius 2 is 1.36 bits per heavy atom. The molecule has 0 radical (unpaired) electrons. The van der Waals surface area contributed by atoms with Crippen LogP contribution < -0.4 is 5.73 Å². The fourth-order valence-corrected chi connectivity index (χ4v) is 1.89. The minimum atomic E-state index is 0.0220. The molecule has 0 aromatic heterocycles. The molecule has 0 unspecified atom stereocenters. The van der Waals surface area contributed by atoms with Crippen LogP contribution in [0.25, 0.3) is 0 Å². The zero-order valence-electron chi connectivity index (χ0n) is 9.75. The van der Waals surface area contributed by atoms with Gasteiger partial charge >= 0.3 is 0 Å². The summed E-state index contributed by atoms with van der Waals surface area (Å²) >= 11 is 9.06. The molecule has 4 heteroatoms. The van der Waals surface area contributed by atoms with E-state index in [0.717, 1.165) is 19.6 Å². The fraction of sp³-hybridized carbons (Fsp3) is 1.00. The van der Waals surface area contributed by atoms with Crippen molar-refractivity contribution in [3.8, 4) is 0 Å². The number of hydrogen-bond acceptors (Lipinski definition) is 4. The third-order valence-electron chi connectivity index (χ3n) is 1.67. The minimum Gasteiger partial charge on any atom is -0.329 e. The Kier molecular flexibility index (Phi) is 5.88. The highest BCUT2D eigenvalue weighted by molar-refractivity contribution is 7.82. The lowest BCUT2D eigenvalue weighted by molar-refractivity contribution is 0.247. The first kappa shape index (κ1) is 14.6. The lowest BCUT2D eigenvalue weighted by Gasteiger charge is -2.33. The van der Waals surface area contributed by atoms with Gasteiger partial charge in [0.25, 0.3) is 0 Å². The van der Waals surface area contributed by atoms with Crippen molar-refractivity contribution in [2.24, 2.45) is 5.73 Å². The number of nitrogens with zero attached hydrogens (tertiary/aromatic N) is 1. The first-order valence-electron chi connectivity index (χ1n) is 5.01. The van der Waals surface area contributed by atoms with Gasteiger partial charge in [-0.15, -0.1) is 0 Å². The Morgan fingerprint density at radius 1 is 1.00 bits per heavy atom. The van der Waals surface area contributed by atoms with Crippen LogP contribution in [0.5, 0.6) is 0 Å². The zero-order chi connectivity index (χ0) is 11.4. The third-order valence-corrected chi connectivity index (χ3v) is 1.95. The second-order valence-corrected chi connectivity index (χ2v) is 7.55. The average molecular weight is 236 g/mol. The first-order valence-corrected chi connectivity index (χ1v) is 5.91. The van der Waals surface area contributed by atoms with Crippen molar-refractivity contribution in [2.45, 2.75) is 37.2 Å². The van der Waals surface area contributed by atoms with Gasteiger partial charge < -0.3 is 5.73 Å². The Balaban J connectivity index is 4.16. The van der Waals surface area contributed by atoms with Gasteiger partial charge in [0, 0.05) is 35.7 Å². The van der Waals surface area contributed by atoms with Gasteiger partial charge in [-0.3, -0.25) is 4.90 Å². The van der Waals surface area contributed by atoms with E-state index in [1.54, 1.807) is 0 Å². The molecule has 0 saturated heterocycles. The van der Waals surface area contributed by atoms with Crippen LogP contribution in [-0.2, 0) is 0 Å². The van der Waals surface area contributed by atoms with Gasteiger partial charge in [0.05, 0.1) is 0 Å². The molecule has 14 heavy (non-hydrogen) atoms. The minimum absolute atomic E-state index is 0.0220.